The summed E-state index contributed by atoms with van der Waals surface area (Å²) in [5.41, 5.74) is 4.42. The summed E-state index contributed by atoms with van der Waals surface area (Å²) in [6.45, 7) is 36.0. The lowest BCUT2D eigenvalue weighted by atomic mass is 9.99. The molecule has 0 N–H and O–H groups in total. The Balaban J connectivity index is -0.000000305. The first-order valence-corrected chi connectivity index (χ1v) is 18.3. The highest BCUT2D eigenvalue weighted by Crippen LogP contribution is 2.16. The van der Waals surface area contributed by atoms with Gasteiger partial charge < -0.3 is 14.4 Å². The molecule has 1 aromatic rings. The van der Waals surface area contributed by atoms with Crippen LogP contribution in [0.3, 0.4) is 0 Å². The molecule has 0 unspecified atom stereocenters. The first-order chi connectivity index (χ1) is 22.8. The maximum Gasteiger partial charge on any atom is 0.116 e. The standard InChI is InChI=1S/C19H29N.C14H25NO.C4H10.C2H4O.C2H6.C2H4/c1-5-11-19(17(4)6-2)14-15-20(7-3)16-18-12-9-8-10-13-18;1-13-8-11-15(12-9-13)10-6-4-5-7-14(2)16-3;1-3-4-2;1-2-3;2*1-2/h5,8-13H,6-7,14-16H2,1-4H3;4-5,7,13H,6,8-12H2,1-3H3;3-4H2,1-2H3;2H,1H3;1-2H3;1-2H2/b11-5-,19-17+;5-4-,14-7+;;;;. The number of hydrogen-bond donors (Lipinski definition) is 0. The molecule has 0 aromatic heterocycles. The first-order valence-electron chi connectivity index (χ1n) is 18.3. The fraction of sp³-hybridized carbons (Fsp3) is 0.605. The number of ether oxygens (including phenoxy) is 1. The summed E-state index contributed by atoms with van der Waals surface area (Å²) in [5.74, 6) is 1.89. The maximum absolute atomic E-state index is 8.81. The molecule has 0 bridgehead atoms. The van der Waals surface area contributed by atoms with Crippen LogP contribution in [0.2, 0.25) is 0 Å². The van der Waals surface area contributed by atoms with Crippen molar-refractivity contribution in [2.24, 2.45) is 5.92 Å². The van der Waals surface area contributed by atoms with Gasteiger partial charge in [0.15, 0.2) is 0 Å². The normalized spacial score (nSPS) is 13.7. The van der Waals surface area contributed by atoms with E-state index in [0.717, 1.165) is 56.9 Å². The van der Waals surface area contributed by atoms with Crippen LogP contribution in [0.4, 0.5) is 0 Å². The summed E-state index contributed by atoms with van der Waals surface area (Å²) in [4.78, 5) is 13.9. The Morgan fingerprint density at radius 1 is 1.00 bits per heavy atom. The molecule has 0 radical (unpaired) electrons. The van der Waals surface area contributed by atoms with Crippen molar-refractivity contribution < 1.29 is 9.53 Å². The molecule has 1 aliphatic heterocycles. The van der Waals surface area contributed by atoms with Crippen molar-refractivity contribution in [3.05, 3.63) is 96.3 Å². The number of rotatable bonds is 14. The summed E-state index contributed by atoms with van der Waals surface area (Å²) in [5, 5.41) is 0. The summed E-state index contributed by atoms with van der Waals surface area (Å²) in [6, 6.07) is 10.7. The third kappa shape index (κ3) is 34.5. The number of benzene rings is 1. The second-order valence-electron chi connectivity index (χ2n) is 11.2. The molecule has 47 heavy (non-hydrogen) atoms. The van der Waals surface area contributed by atoms with Gasteiger partial charge >= 0.3 is 0 Å². The Morgan fingerprint density at radius 3 is 2.00 bits per heavy atom. The van der Waals surface area contributed by atoms with Crippen LogP contribution >= 0.6 is 0 Å². The number of methoxy groups -OCH3 is 1. The predicted molar refractivity (Wildman–Crippen MR) is 214 cm³/mol. The van der Waals surface area contributed by atoms with Crippen molar-refractivity contribution >= 4 is 6.29 Å². The summed E-state index contributed by atoms with van der Waals surface area (Å²) in [7, 11) is 1.70. The molecular weight excluding hydrogens is 576 g/mol. The Kier molecular flexibility index (Phi) is 45.0. The van der Waals surface area contributed by atoms with Crippen LogP contribution in [0, 0.1) is 5.92 Å². The van der Waals surface area contributed by atoms with E-state index >= 15 is 0 Å². The molecule has 4 nitrogen and oxygen atoms in total. The largest absolute Gasteiger partial charge is 0.501 e. The fourth-order valence-electron chi connectivity index (χ4n) is 4.25. The highest BCUT2D eigenvalue weighted by Gasteiger charge is 2.14. The Bertz CT molecular complexity index is 892. The fourth-order valence-corrected chi connectivity index (χ4v) is 4.25. The quantitative estimate of drug-likeness (QED) is 0.0865. The molecule has 1 fully saturated rings. The van der Waals surface area contributed by atoms with E-state index in [1.807, 2.05) is 26.8 Å². The third-order valence-electron chi connectivity index (χ3n) is 7.62. The van der Waals surface area contributed by atoms with Crippen molar-refractivity contribution in [2.75, 3.05) is 39.8 Å². The van der Waals surface area contributed by atoms with Gasteiger partial charge in [-0.3, -0.25) is 4.90 Å². The van der Waals surface area contributed by atoms with Gasteiger partial charge in [0.2, 0.25) is 0 Å². The average Bonchev–Trinajstić information content (AvgIpc) is 3.12. The Morgan fingerprint density at radius 2 is 1.55 bits per heavy atom. The van der Waals surface area contributed by atoms with E-state index < -0.39 is 0 Å². The van der Waals surface area contributed by atoms with E-state index in [4.69, 9.17) is 9.53 Å². The number of aldehydes is 1. The van der Waals surface area contributed by atoms with Gasteiger partial charge in [-0.05, 0) is 103 Å². The topological polar surface area (TPSA) is 32.8 Å². The lowest BCUT2D eigenvalue weighted by molar-refractivity contribution is -0.106. The molecule has 0 aliphatic carbocycles. The molecule has 2 rings (SSSR count). The van der Waals surface area contributed by atoms with Crippen molar-refractivity contribution in [3.63, 3.8) is 0 Å². The SMILES string of the molecule is C/C=C\C(CCN(CC)Cc1ccccc1)=C(\C)CC.C=C.CC.CC=O.CCCC.CO/C(C)=C/C=C\CCN1CCC(C)CC1. The molecule has 0 saturated carbocycles. The number of piperidine rings is 1. The van der Waals surface area contributed by atoms with E-state index in [-0.39, 0.29) is 0 Å². The maximum atomic E-state index is 8.81. The molecule has 0 atom stereocenters. The Hall–Kier alpha value is -2.69. The minimum absolute atomic E-state index is 0.750. The third-order valence-corrected chi connectivity index (χ3v) is 7.62. The van der Waals surface area contributed by atoms with Crippen LogP contribution in [0.1, 0.15) is 127 Å². The highest BCUT2D eigenvalue weighted by atomic mass is 16.5. The number of nitrogens with zero attached hydrogens (tertiary/aromatic N) is 2. The van der Waals surface area contributed by atoms with E-state index in [0.29, 0.717) is 0 Å². The number of carbonyl (C=O) groups excluding carboxylic acids is 1. The van der Waals surface area contributed by atoms with Gasteiger partial charge in [0, 0.05) is 19.6 Å². The zero-order valence-corrected chi connectivity index (χ0v) is 33.2. The second-order valence-corrected chi connectivity index (χ2v) is 11.2. The van der Waals surface area contributed by atoms with E-state index in [1.165, 1.54) is 69.0 Å². The first kappa shape index (κ1) is 51.2. The number of carbonyl (C=O) groups is 1. The summed E-state index contributed by atoms with van der Waals surface area (Å²) < 4.78 is 5.06. The molecular formula is C43H78N2O2. The molecule has 0 amide bonds. The van der Waals surface area contributed by atoms with Gasteiger partial charge in [0.1, 0.15) is 6.29 Å². The second kappa shape index (κ2) is 41.3. The van der Waals surface area contributed by atoms with Crippen molar-refractivity contribution in [1.82, 2.24) is 9.80 Å². The van der Waals surface area contributed by atoms with Gasteiger partial charge in [-0.25, -0.2) is 0 Å². The van der Waals surface area contributed by atoms with Gasteiger partial charge in [-0.2, -0.15) is 0 Å². The van der Waals surface area contributed by atoms with Gasteiger partial charge in [0.25, 0.3) is 0 Å². The number of allylic oxidation sites excluding steroid dienone is 6. The lowest BCUT2D eigenvalue weighted by Crippen LogP contribution is -2.33. The molecule has 4 heteroatoms. The molecule has 1 heterocycles. The van der Waals surface area contributed by atoms with Gasteiger partial charge in [0.05, 0.1) is 12.9 Å². The van der Waals surface area contributed by atoms with Crippen LogP contribution in [0.25, 0.3) is 0 Å². The Labute approximate surface area is 294 Å². The monoisotopic (exact) mass is 655 g/mol. The molecule has 1 aromatic carbocycles. The van der Waals surface area contributed by atoms with Crippen LogP contribution < -0.4 is 0 Å². The van der Waals surface area contributed by atoms with Gasteiger partial charge in [-0.1, -0.05) is 122 Å². The van der Waals surface area contributed by atoms with E-state index in [1.54, 1.807) is 7.11 Å². The zero-order valence-electron chi connectivity index (χ0n) is 33.2. The number of likely N-dealkylation sites (tertiary alicyclic amines) is 1. The van der Waals surface area contributed by atoms with Crippen LogP contribution in [0.5, 0.6) is 0 Å². The summed E-state index contributed by atoms with van der Waals surface area (Å²) in [6.07, 6.45) is 20.3. The number of hydrogen-bond acceptors (Lipinski definition) is 4. The van der Waals surface area contributed by atoms with E-state index in [2.05, 4.69) is 126 Å². The minimum atomic E-state index is 0.750. The number of unbranched alkanes of at least 4 members (excludes halogenated alkanes) is 1. The average molecular weight is 655 g/mol. The van der Waals surface area contributed by atoms with Crippen molar-refractivity contribution in [2.45, 2.75) is 128 Å². The molecule has 1 aliphatic rings. The molecule has 0 spiro atoms. The van der Waals surface area contributed by atoms with Crippen molar-refractivity contribution in [1.29, 1.82) is 0 Å². The summed E-state index contributed by atoms with van der Waals surface area (Å²) >= 11 is 0. The molecule has 1 saturated heterocycles. The lowest BCUT2D eigenvalue weighted by Gasteiger charge is -2.29. The zero-order chi connectivity index (χ0) is 36.7. The minimum Gasteiger partial charge on any atom is -0.501 e. The van der Waals surface area contributed by atoms with Crippen LogP contribution in [-0.4, -0.2) is 55.9 Å². The highest BCUT2D eigenvalue weighted by molar-refractivity contribution is 5.44. The van der Waals surface area contributed by atoms with Gasteiger partial charge in [-0.15, -0.1) is 13.2 Å². The smallest absolute Gasteiger partial charge is 0.116 e. The van der Waals surface area contributed by atoms with Crippen molar-refractivity contribution in [3.8, 4) is 0 Å². The predicted octanol–water partition coefficient (Wildman–Crippen LogP) is 12.3. The van der Waals surface area contributed by atoms with E-state index in [9.17, 15) is 0 Å². The molecule has 272 valence electrons. The van der Waals surface area contributed by atoms with Crippen LogP contribution in [0.15, 0.2) is 90.8 Å². The van der Waals surface area contributed by atoms with Crippen LogP contribution in [-0.2, 0) is 16.1 Å².